The van der Waals surface area contributed by atoms with Crippen LogP contribution in [0.15, 0.2) is 24.8 Å². The van der Waals surface area contributed by atoms with Crippen molar-refractivity contribution in [2.75, 3.05) is 0 Å². The summed E-state index contributed by atoms with van der Waals surface area (Å²) in [6.45, 7) is 3.20. The maximum absolute atomic E-state index is 12.9. The van der Waals surface area contributed by atoms with Crippen molar-refractivity contribution in [1.29, 1.82) is 0 Å². The summed E-state index contributed by atoms with van der Waals surface area (Å²) in [5.74, 6) is -3.47. The van der Waals surface area contributed by atoms with Gasteiger partial charge in [0.1, 0.15) is 5.82 Å². The van der Waals surface area contributed by atoms with Crippen molar-refractivity contribution in [2.24, 2.45) is 0 Å². The second-order valence-electron chi connectivity index (χ2n) is 2.47. The zero-order valence-electron chi connectivity index (χ0n) is 6.60. The summed E-state index contributed by atoms with van der Waals surface area (Å²) in [4.78, 5) is 0. The molecule has 1 rings (SSSR count). The van der Waals surface area contributed by atoms with Crippen LogP contribution in [0.3, 0.4) is 0 Å². The van der Waals surface area contributed by atoms with Crippen LogP contribution < -0.4 is 0 Å². The number of rotatable bonds is 2. The number of benzene rings is 1. The van der Waals surface area contributed by atoms with E-state index in [1.807, 2.05) is 0 Å². The molecule has 0 saturated heterocycles. The Hall–Kier alpha value is -1.29. The fourth-order valence-electron chi connectivity index (χ4n) is 0.892. The predicted octanol–water partition coefficient (Wildman–Crippen LogP) is 2.32. The van der Waals surface area contributed by atoms with Gasteiger partial charge in [0.05, 0.1) is 6.10 Å². The quantitative estimate of drug-likeness (QED) is 0.557. The van der Waals surface area contributed by atoms with Gasteiger partial charge in [-0.1, -0.05) is 6.08 Å². The third-order valence-electron chi connectivity index (χ3n) is 1.58. The van der Waals surface area contributed by atoms with Crippen LogP contribution in [0.5, 0.6) is 0 Å². The fourth-order valence-corrected chi connectivity index (χ4v) is 0.892. The third-order valence-corrected chi connectivity index (χ3v) is 1.58. The van der Waals surface area contributed by atoms with Crippen LogP contribution in [0.2, 0.25) is 0 Å². The van der Waals surface area contributed by atoms with E-state index in [1.165, 1.54) is 0 Å². The molecular weight excluding hydrogens is 181 g/mol. The molecule has 0 radical (unpaired) electrons. The topological polar surface area (TPSA) is 20.2 Å². The predicted molar refractivity (Wildman–Crippen MR) is 41.5 cm³/mol. The van der Waals surface area contributed by atoms with E-state index in [-0.39, 0.29) is 5.56 Å². The molecule has 0 fully saturated rings. The molecule has 1 atom stereocenters. The van der Waals surface area contributed by atoms with Crippen molar-refractivity contribution in [3.8, 4) is 0 Å². The van der Waals surface area contributed by atoms with E-state index >= 15 is 0 Å². The highest BCUT2D eigenvalue weighted by atomic mass is 19.2. The molecule has 13 heavy (non-hydrogen) atoms. The lowest BCUT2D eigenvalue weighted by Gasteiger charge is -2.06. The summed E-state index contributed by atoms with van der Waals surface area (Å²) in [5, 5.41) is 9.08. The number of hydrogen-bond acceptors (Lipinski definition) is 1. The molecule has 0 aliphatic heterocycles. The Balaban J connectivity index is 3.22. The van der Waals surface area contributed by atoms with Crippen molar-refractivity contribution in [2.45, 2.75) is 6.10 Å². The van der Waals surface area contributed by atoms with Gasteiger partial charge in [0.2, 0.25) is 0 Å². The SMILES string of the molecule is C=CC(O)c1cc(F)c(F)cc1F. The van der Waals surface area contributed by atoms with Crippen LogP contribution in [0.1, 0.15) is 11.7 Å². The van der Waals surface area contributed by atoms with Crippen molar-refractivity contribution < 1.29 is 18.3 Å². The van der Waals surface area contributed by atoms with Crippen LogP contribution in [-0.4, -0.2) is 5.11 Å². The lowest BCUT2D eigenvalue weighted by atomic mass is 10.1. The Morgan fingerprint density at radius 3 is 2.23 bits per heavy atom. The van der Waals surface area contributed by atoms with E-state index < -0.39 is 23.6 Å². The highest BCUT2D eigenvalue weighted by Gasteiger charge is 2.13. The molecule has 0 spiro atoms. The zero-order chi connectivity index (χ0) is 10.0. The van der Waals surface area contributed by atoms with Crippen molar-refractivity contribution in [3.05, 3.63) is 47.8 Å². The molecule has 0 aromatic heterocycles. The average Bonchev–Trinajstić information content (AvgIpc) is 2.10. The minimum Gasteiger partial charge on any atom is -0.384 e. The molecule has 1 nitrogen and oxygen atoms in total. The summed E-state index contributed by atoms with van der Waals surface area (Å²) in [6.07, 6.45) is -0.300. The van der Waals surface area contributed by atoms with Crippen LogP contribution >= 0.6 is 0 Å². The molecule has 0 amide bonds. The fraction of sp³-hybridized carbons (Fsp3) is 0.111. The summed E-state index contributed by atoms with van der Waals surface area (Å²) in [5.41, 5.74) is -0.325. The Morgan fingerprint density at radius 2 is 1.69 bits per heavy atom. The highest BCUT2D eigenvalue weighted by molar-refractivity contribution is 5.24. The molecule has 1 unspecified atom stereocenters. The van der Waals surface area contributed by atoms with E-state index in [0.717, 1.165) is 6.08 Å². The molecule has 0 aliphatic carbocycles. The molecule has 0 bridgehead atoms. The Kier molecular flexibility index (Phi) is 2.72. The van der Waals surface area contributed by atoms with Crippen molar-refractivity contribution in [3.63, 3.8) is 0 Å². The van der Waals surface area contributed by atoms with Crippen LogP contribution in [0, 0.1) is 17.5 Å². The zero-order valence-corrected chi connectivity index (χ0v) is 6.60. The number of aliphatic hydroxyl groups is 1. The van der Waals surface area contributed by atoms with Crippen molar-refractivity contribution in [1.82, 2.24) is 0 Å². The van der Waals surface area contributed by atoms with Gasteiger partial charge in [-0.3, -0.25) is 0 Å². The van der Waals surface area contributed by atoms with E-state index in [9.17, 15) is 13.2 Å². The van der Waals surface area contributed by atoms with E-state index in [2.05, 4.69) is 6.58 Å². The van der Waals surface area contributed by atoms with Gasteiger partial charge in [0, 0.05) is 11.6 Å². The minimum absolute atomic E-state index is 0.325. The number of halogens is 3. The van der Waals surface area contributed by atoms with Gasteiger partial charge in [-0.15, -0.1) is 6.58 Å². The maximum atomic E-state index is 12.9. The standard InChI is InChI=1S/C9H7F3O/c1-2-9(13)5-3-7(11)8(12)4-6(5)10/h2-4,9,13H,1H2. The lowest BCUT2D eigenvalue weighted by Crippen LogP contribution is -2.00. The molecule has 0 aliphatic rings. The smallest absolute Gasteiger partial charge is 0.161 e. The Morgan fingerprint density at radius 1 is 1.15 bits per heavy atom. The first-order valence-electron chi connectivity index (χ1n) is 3.51. The maximum Gasteiger partial charge on any atom is 0.161 e. The van der Waals surface area contributed by atoms with Gasteiger partial charge >= 0.3 is 0 Å². The van der Waals surface area contributed by atoms with E-state index in [0.29, 0.717) is 12.1 Å². The molecular formula is C9H7F3O. The first-order chi connectivity index (χ1) is 6.06. The third kappa shape index (κ3) is 1.89. The first-order valence-corrected chi connectivity index (χ1v) is 3.51. The van der Waals surface area contributed by atoms with Gasteiger partial charge < -0.3 is 5.11 Å². The molecule has 1 N–H and O–H groups in total. The first kappa shape index (κ1) is 9.80. The second-order valence-corrected chi connectivity index (χ2v) is 2.47. The van der Waals surface area contributed by atoms with E-state index in [4.69, 9.17) is 5.11 Å². The monoisotopic (exact) mass is 188 g/mol. The Labute approximate surface area is 73.1 Å². The van der Waals surface area contributed by atoms with Crippen molar-refractivity contribution >= 4 is 0 Å². The summed E-state index contributed by atoms with van der Waals surface area (Å²) < 4.78 is 37.8. The summed E-state index contributed by atoms with van der Waals surface area (Å²) >= 11 is 0. The second kappa shape index (κ2) is 3.62. The normalized spacial score (nSPS) is 12.6. The van der Waals surface area contributed by atoms with Gasteiger partial charge in [-0.25, -0.2) is 13.2 Å². The van der Waals surface area contributed by atoms with Crippen LogP contribution in [-0.2, 0) is 0 Å². The molecule has 0 heterocycles. The number of hydrogen-bond donors (Lipinski definition) is 1. The molecule has 70 valence electrons. The van der Waals surface area contributed by atoms with E-state index in [1.54, 1.807) is 0 Å². The van der Waals surface area contributed by atoms with Gasteiger partial charge in [0.25, 0.3) is 0 Å². The van der Waals surface area contributed by atoms with Crippen LogP contribution in [0.25, 0.3) is 0 Å². The average molecular weight is 188 g/mol. The molecule has 4 heteroatoms. The number of aliphatic hydroxyl groups excluding tert-OH is 1. The largest absolute Gasteiger partial charge is 0.384 e. The van der Waals surface area contributed by atoms with Crippen LogP contribution in [0.4, 0.5) is 13.2 Å². The van der Waals surface area contributed by atoms with Gasteiger partial charge in [-0.2, -0.15) is 0 Å². The molecule has 0 saturated carbocycles. The Bertz CT molecular complexity index is 336. The lowest BCUT2D eigenvalue weighted by molar-refractivity contribution is 0.222. The molecule has 1 aromatic carbocycles. The van der Waals surface area contributed by atoms with Gasteiger partial charge in [-0.05, 0) is 6.07 Å². The summed E-state index contributed by atoms with van der Waals surface area (Å²) in [6, 6.07) is 0.994. The van der Waals surface area contributed by atoms with Gasteiger partial charge in [0.15, 0.2) is 11.6 Å². The molecule has 1 aromatic rings. The highest BCUT2D eigenvalue weighted by Crippen LogP contribution is 2.20. The summed E-state index contributed by atoms with van der Waals surface area (Å²) in [7, 11) is 0. The minimum atomic E-state index is -1.32.